The van der Waals surface area contributed by atoms with Crippen LogP contribution in [-0.4, -0.2) is 23.1 Å². The largest absolute Gasteiger partial charge is 0.487 e. The number of hydrogen-bond acceptors (Lipinski definition) is 5. The molecule has 0 aromatic heterocycles. The molecule has 0 saturated heterocycles. The first-order valence-corrected chi connectivity index (χ1v) is 8.99. The standard InChI is InChI=1S/C19H25N3O4/c1-5-26-15-7-6-12(10-14(15)22(24)25)17(23)21-20-16-11-13-8-9-19(16,4)18(13,2)3/h6-7,10,13H,5,8-9,11H2,1-4H3,(H,21,23)/b20-16-/t13-,19+/m0/s1. The first kappa shape index (κ1) is 18.4. The van der Waals surface area contributed by atoms with E-state index in [1.165, 1.54) is 24.6 Å². The summed E-state index contributed by atoms with van der Waals surface area (Å²) in [6, 6.07) is 4.19. The number of carbonyl (C=O) groups is 1. The second-order valence-corrected chi connectivity index (χ2v) is 7.87. The third-order valence-corrected chi connectivity index (χ3v) is 6.52. The molecule has 1 aromatic rings. The fourth-order valence-electron chi connectivity index (χ4n) is 4.36. The van der Waals surface area contributed by atoms with E-state index < -0.39 is 10.8 Å². The van der Waals surface area contributed by atoms with E-state index in [1.807, 2.05) is 0 Å². The Bertz CT molecular complexity index is 787. The van der Waals surface area contributed by atoms with Gasteiger partial charge in [0.2, 0.25) is 0 Å². The molecule has 3 rings (SSSR count). The molecule has 0 unspecified atom stereocenters. The number of carbonyl (C=O) groups excluding carboxylic acids is 1. The number of benzene rings is 1. The number of nitro groups is 1. The summed E-state index contributed by atoms with van der Waals surface area (Å²) in [5.74, 6) is 0.297. The van der Waals surface area contributed by atoms with Gasteiger partial charge in [-0.3, -0.25) is 14.9 Å². The van der Waals surface area contributed by atoms with Gasteiger partial charge in [0.15, 0.2) is 5.75 Å². The lowest BCUT2D eigenvalue weighted by Gasteiger charge is -2.34. The molecule has 0 spiro atoms. The van der Waals surface area contributed by atoms with Crippen LogP contribution in [0, 0.1) is 26.9 Å². The first-order valence-electron chi connectivity index (χ1n) is 8.99. The summed E-state index contributed by atoms with van der Waals surface area (Å²) in [5, 5.41) is 15.6. The molecule has 2 fully saturated rings. The lowest BCUT2D eigenvalue weighted by molar-refractivity contribution is -0.385. The van der Waals surface area contributed by atoms with Crippen LogP contribution in [0.25, 0.3) is 0 Å². The second-order valence-electron chi connectivity index (χ2n) is 7.87. The Labute approximate surface area is 153 Å². The predicted molar refractivity (Wildman–Crippen MR) is 98.4 cm³/mol. The number of nitrogens with zero attached hydrogens (tertiary/aromatic N) is 2. The molecule has 0 aliphatic heterocycles. The zero-order valence-corrected chi connectivity index (χ0v) is 15.7. The number of fused-ring (bicyclic) bond motifs is 2. The van der Waals surface area contributed by atoms with Gasteiger partial charge >= 0.3 is 5.69 Å². The summed E-state index contributed by atoms with van der Waals surface area (Å²) in [6.07, 6.45) is 3.17. The van der Waals surface area contributed by atoms with Gasteiger partial charge in [-0.1, -0.05) is 20.8 Å². The average Bonchev–Trinajstić information content (AvgIpc) is 2.93. The van der Waals surface area contributed by atoms with E-state index >= 15 is 0 Å². The van der Waals surface area contributed by atoms with Crippen molar-refractivity contribution >= 4 is 17.3 Å². The maximum atomic E-state index is 12.4. The van der Waals surface area contributed by atoms with Gasteiger partial charge in [0, 0.05) is 22.8 Å². The Morgan fingerprint density at radius 2 is 2.15 bits per heavy atom. The molecule has 1 aromatic carbocycles. The summed E-state index contributed by atoms with van der Waals surface area (Å²) in [5.41, 5.74) is 3.75. The van der Waals surface area contributed by atoms with Crippen molar-refractivity contribution in [1.82, 2.24) is 5.43 Å². The van der Waals surface area contributed by atoms with Crippen molar-refractivity contribution in [2.45, 2.75) is 47.0 Å². The van der Waals surface area contributed by atoms with Gasteiger partial charge in [0.05, 0.1) is 11.5 Å². The van der Waals surface area contributed by atoms with Crippen LogP contribution in [0.15, 0.2) is 23.3 Å². The zero-order valence-electron chi connectivity index (χ0n) is 15.7. The van der Waals surface area contributed by atoms with E-state index in [-0.39, 0.29) is 27.8 Å². The minimum absolute atomic E-state index is 0.00420. The molecule has 1 N–H and O–H groups in total. The smallest absolute Gasteiger partial charge is 0.311 e. The van der Waals surface area contributed by atoms with Crippen molar-refractivity contribution in [3.8, 4) is 5.75 Å². The predicted octanol–water partition coefficient (Wildman–Crippen LogP) is 3.93. The van der Waals surface area contributed by atoms with E-state index in [9.17, 15) is 14.9 Å². The summed E-state index contributed by atoms with van der Waals surface area (Å²) in [6.45, 7) is 8.82. The monoisotopic (exact) mass is 359 g/mol. The normalized spacial score (nSPS) is 27.5. The lowest BCUT2D eigenvalue weighted by Crippen LogP contribution is -2.34. The van der Waals surface area contributed by atoms with Crippen LogP contribution in [0.1, 0.15) is 57.3 Å². The number of nitro benzene ring substituents is 1. The lowest BCUT2D eigenvalue weighted by atomic mass is 9.70. The van der Waals surface area contributed by atoms with E-state index in [0.29, 0.717) is 12.5 Å². The minimum atomic E-state index is -0.548. The Hall–Kier alpha value is -2.44. The summed E-state index contributed by atoms with van der Waals surface area (Å²) in [7, 11) is 0. The number of hydrazone groups is 1. The van der Waals surface area contributed by atoms with Gasteiger partial charge in [0.25, 0.3) is 5.91 Å². The van der Waals surface area contributed by atoms with Crippen molar-refractivity contribution in [2.24, 2.45) is 21.8 Å². The average molecular weight is 359 g/mol. The zero-order chi connectivity index (χ0) is 19.1. The molecule has 2 aliphatic rings. The third-order valence-electron chi connectivity index (χ3n) is 6.52. The van der Waals surface area contributed by atoms with Gasteiger partial charge in [-0.2, -0.15) is 5.10 Å². The highest BCUT2D eigenvalue weighted by Crippen LogP contribution is 2.63. The molecular formula is C19H25N3O4. The highest BCUT2D eigenvalue weighted by atomic mass is 16.6. The second kappa shape index (κ2) is 6.37. The summed E-state index contributed by atoms with van der Waals surface area (Å²) < 4.78 is 5.24. The van der Waals surface area contributed by atoms with Gasteiger partial charge in [-0.15, -0.1) is 0 Å². The summed E-state index contributed by atoms with van der Waals surface area (Å²) in [4.78, 5) is 23.1. The van der Waals surface area contributed by atoms with Crippen LogP contribution in [0.4, 0.5) is 5.69 Å². The molecule has 0 radical (unpaired) electrons. The Morgan fingerprint density at radius 3 is 2.69 bits per heavy atom. The molecule has 140 valence electrons. The molecule has 2 aliphatic carbocycles. The van der Waals surface area contributed by atoms with E-state index in [2.05, 4.69) is 31.3 Å². The fraction of sp³-hybridized carbons (Fsp3) is 0.579. The number of ether oxygens (including phenoxy) is 1. The molecule has 0 heterocycles. The van der Waals surface area contributed by atoms with Gasteiger partial charge < -0.3 is 4.74 Å². The van der Waals surface area contributed by atoms with Crippen molar-refractivity contribution < 1.29 is 14.5 Å². The highest BCUT2D eigenvalue weighted by Gasteiger charge is 2.60. The number of hydrogen-bond donors (Lipinski definition) is 1. The quantitative estimate of drug-likeness (QED) is 0.637. The third kappa shape index (κ3) is 2.75. The topological polar surface area (TPSA) is 93.8 Å². The SMILES string of the molecule is CCOc1ccc(C(=O)N/N=C2/C[C@@H]3CC[C@@]2(C)C3(C)C)cc1[N+](=O)[O-]. The molecule has 2 atom stereocenters. The van der Waals surface area contributed by atoms with E-state index in [1.54, 1.807) is 6.92 Å². The van der Waals surface area contributed by atoms with Gasteiger partial charge in [-0.05, 0) is 49.7 Å². The molecular weight excluding hydrogens is 334 g/mol. The van der Waals surface area contributed by atoms with Crippen molar-refractivity contribution in [3.63, 3.8) is 0 Å². The van der Waals surface area contributed by atoms with Crippen LogP contribution < -0.4 is 10.2 Å². The molecule has 1 amide bonds. The molecule has 2 saturated carbocycles. The van der Waals surface area contributed by atoms with Crippen LogP contribution in [0.2, 0.25) is 0 Å². The van der Waals surface area contributed by atoms with Crippen molar-refractivity contribution in [3.05, 3.63) is 33.9 Å². The Balaban J connectivity index is 1.79. The molecule has 2 bridgehead atoms. The van der Waals surface area contributed by atoms with Crippen molar-refractivity contribution in [1.29, 1.82) is 0 Å². The van der Waals surface area contributed by atoms with Crippen molar-refractivity contribution in [2.75, 3.05) is 6.61 Å². The van der Waals surface area contributed by atoms with Crippen LogP contribution in [0.3, 0.4) is 0 Å². The molecule has 7 heteroatoms. The van der Waals surface area contributed by atoms with E-state index in [0.717, 1.165) is 18.6 Å². The molecule has 7 nitrogen and oxygen atoms in total. The number of amides is 1. The van der Waals surface area contributed by atoms with E-state index in [4.69, 9.17) is 4.74 Å². The Kier molecular flexibility index (Phi) is 4.50. The van der Waals surface area contributed by atoms with Crippen LogP contribution >= 0.6 is 0 Å². The van der Waals surface area contributed by atoms with Gasteiger partial charge in [0.1, 0.15) is 0 Å². The Morgan fingerprint density at radius 1 is 1.42 bits per heavy atom. The van der Waals surface area contributed by atoms with Crippen LogP contribution in [-0.2, 0) is 0 Å². The number of rotatable bonds is 5. The first-order chi connectivity index (χ1) is 12.2. The number of nitrogens with one attached hydrogen (secondary N) is 1. The fourth-order valence-corrected chi connectivity index (χ4v) is 4.36. The minimum Gasteiger partial charge on any atom is -0.487 e. The maximum Gasteiger partial charge on any atom is 0.311 e. The highest BCUT2D eigenvalue weighted by molar-refractivity contribution is 5.98. The van der Waals surface area contributed by atoms with Crippen LogP contribution in [0.5, 0.6) is 5.75 Å². The maximum absolute atomic E-state index is 12.4. The summed E-state index contributed by atoms with van der Waals surface area (Å²) >= 11 is 0. The molecule has 26 heavy (non-hydrogen) atoms. The van der Waals surface area contributed by atoms with Gasteiger partial charge in [-0.25, -0.2) is 5.43 Å².